The van der Waals surface area contributed by atoms with E-state index in [1.165, 1.54) is 11.6 Å². The number of carbonyl (C=O) groups excluding carboxylic acids is 1. The molecule has 1 aromatic carbocycles. The number of thioether (sulfide) groups is 1. The lowest BCUT2D eigenvalue weighted by Crippen LogP contribution is -2.40. The predicted octanol–water partition coefficient (Wildman–Crippen LogP) is 5.14. The van der Waals surface area contributed by atoms with Crippen molar-refractivity contribution in [2.24, 2.45) is 0 Å². The second-order valence-electron chi connectivity index (χ2n) is 9.16. The molecule has 0 radical (unpaired) electrons. The van der Waals surface area contributed by atoms with Crippen LogP contribution in [0.2, 0.25) is 5.02 Å². The number of fused-ring (bicyclic) bond motifs is 3. The van der Waals surface area contributed by atoms with E-state index in [1.54, 1.807) is 6.92 Å². The van der Waals surface area contributed by atoms with E-state index in [2.05, 4.69) is 16.4 Å². The second-order valence-corrected chi connectivity index (χ2v) is 10.8. The summed E-state index contributed by atoms with van der Waals surface area (Å²) in [5.74, 6) is 1.91. The van der Waals surface area contributed by atoms with Gasteiger partial charge in [0.15, 0.2) is 5.76 Å². The Morgan fingerprint density at radius 3 is 2.94 bits per heavy atom. The van der Waals surface area contributed by atoms with Gasteiger partial charge in [0.2, 0.25) is 17.1 Å². The molecule has 0 spiro atoms. The molecule has 174 valence electrons. The van der Waals surface area contributed by atoms with Gasteiger partial charge in [0.05, 0.1) is 16.6 Å². The summed E-state index contributed by atoms with van der Waals surface area (Å²) in [6.07, 6.45) is 4.28. The molecule has 3 aromatic rings. The van der Waals surface area contributed by atoms with Gasteiger partial charge in [0.25, 0.3) is 0 Å². The van der Waals surface area contributed by atoms with Gasteiger partial charge in [-0.1, -0.05) is 23.7 Å². The van der Waals surface area contributed by atoms with Gasteiger partial charge in [-0.15, -0.1) is 0 Å². The molecular weight excluding hydrogens is 460 g/mol. The Morgan fingerprint density at radius 2 is 2.15 bits per heavy atom. The van der Waals surface area contributed by atoms with Crippen molar-refractivity contribution in [3.8, 4) is 5.75 Å². The number of benzene rings is 1. The topological polar surface area (TPSA) is 95.3 Å². The number of carbonyl (C=O) groups is 1. The average molecular weight is 487 g/mol. The fourth-order valence-corrected chi connectivity index (χ4v) is 6.85. The van der Waals surface area contributed by atoms with Gasteiger partial charge in [0.1, 0.15) is 5.76 Å². The number of aromatic nitrogens is 1. The summed E-state index contributed by atoms with van der Waals surface area (Å²) >= 11 is 8.22. The van der Waals surface area contributed by atoms with Crippen molar-refractivity contribution >= 4 is 40.2 Å². The average Bonchev–Trinajstić information content (AvgIpc) is 3.18. The number of para-hydroxylation sites is 1. The summed E-state index contributed by atoms with van der Waals surface area (Å²) in [5, 5.41) is 15.6. The number of hydrogen-bond donors (Lipinski definition) is 3. The molecular formula is C25H27ClN2O4S. The third kappa shape index (κ3) is 4.06. The van der Waals surface area contributed by atoms with Crippen molar-refractivity contribution in [2.45, 2.75) is 56.9 Å². The molecule has 1 fully saturated rings. The predicted molar refractivity (Wildman–Crippen MR) is 131 cm³/mol. The first kappa shape index (κ1) is 22.4. The first-order valence-electron chi connectivity index (χ1n) is 11.4. The van der Waals surface area contributed by atoms with Crippen molar-refractivity contribution in [1.29, 1.82) is 0 Å². The molecule has 1 aliphatic heterocycles. The van der Waals surface area contributed by atoms with Crippen molar-refractivity contribution in [3.05, 3.63) is 62.3 Å². The van der Waals surface area contributed by atoms with Gasteiger partial charge >= 0.3 is 0 Å². The maximum absolute atomic E-state index is 13.4. The highest BCUT2D eigenvalue weighted by Crippen LogP contribution is 2.44. The minimum atomic E-state index is -0.689. The number of nitrogens with one attached hydrogen (secondary N) is 2. The normalized spacial score (nSPS) is 19.9. The smallest absolute Gasteiger partial charge is 0.227 e. The Balaban J connectivity index is 1.44. The van der Waals surface area contributed by atoms with E-state index in [4.69, 9.17) is 16.0 Å². The van der Waals surface area contributed by atoms with E-state index < -0.39 is 10.8 Å². The molecule has 33 heavy (non-hydrogen) atoms. The summed E-state index contributed by atoms with van der Waals surface area (Å²) in [4.78, 5) is 29.1. The minimum Gasteiger partial charge on any atom is -0.502 e. The quantitative estimate of drug-likeness (QED) is 0.474. The first-order valence-corrected chi connectivity index (χ1v) is 12.9. The number of halogens is 1. The molecule has 1 atom stereocenters. The van der Waals surface area contributed by atoms with E-state index in [0.29, 0.717) is 23.6 Å². The summed E-state index contributed by atoms with van der Waals surface area (Å²) in [6.45, 7) is 1.69. The highest BCUT2D eigenvalue weighted by molar-refractivity contribution is 7.99. The van der Waals surface area contributed by atoms with Gasteiger partial charge in [-0.3, -0.25) is 9.59 Å². The lowest BCUT2D eigenvalue weighted by Gasteiger charge is -2.36. The number of aromatic amines is 1. The SMILES string of the molecule is Cc1cc(=O)c(O)c(C2(CC(=O)NC3CCCc4c3[nH]c3c(Cl)cccc43)CCSCC2)o1. The van der Waals surface area contributed by atoms with Crippen LogP contribution in [0.3, 0.4) is 0 Å². The van der Waals surface area contributed by atoms with Gasteiger partial charge in [-0.2, -0.15) is 11.8 Å². The van der Waals surface area contributed by atoms with Crippen molar-refractivity contribution in [2.75, 3.05) is 11.5 Å². The molecule has 5 rings (SSSR count). The first-order chi connectivity index (χ1) is 15.9. The zero-order valence-electron chi connectivity index (χ0n) is 18.5. The van der Waals surface area contributed by atoms with Gasteiger partial charge in [0, 0.05) is 29.0 Å². The van der Waals surface area contributed by atoms with Crippen LogP contribution in [0, 0.1) is 6.92 Å². The van der Waals surface area contributed by atoms with Crippen LogP contribution in [0.4, 0.5) is 0 Å². The van der Waals surface area contributed by atoms with Crippen LogP contribution in [0.15, 0.2) is 33.5 Å². The number of hydrogen-bond acceptors (Lipinski definition) is 5. The molecule has 1 unspecified atom stereocenters. The number of rotatable bonds is 4. The summed E-state index contributed by atoms with van der Waals surface area (Å²) in [6, 6.07) is 7.05. The molecule has 3 N–H and O–H groups in total. The highest BCUT2D eigenvalue weighted by atomic mass is 35.5. The Morgan fingerprint density at radius 1 is 1.36 bits per heavy atom. The molecule has 0 bridgehead atoms. The molecule has 6 nitrogen and oxygen atoms in total. The van der Waals surface area contributed by atoms with Crippen molar-refractivity contribution in [3.63, 3.8) is 0 Å². The third-order valence-corrected chi connectivity index (χ3v) is 8.30. The summed E-state index contributed by atoms with van der Waals surface area (Å²) in [5.41, 5.74) is 2.01. The van der Waals surface area contributed by atoms with E-state index in [1.807, 2.05) is 23.9 Å². The van der Waals surface area contributed by atoms with Crippen LogP contribution in [-0.4, -0.2) is 27.5 Å². The maximum atomic E-state index is 13.4. The molecule has 2 aromatic heterocycles. The van der Waals surface area contributed by atoms with E-state index in [9.17, 15) is 14.7 Å². The standard InChI is InChI=1S/C25H27ClN2O4S/c1-14-12-19(29)23(31)24(32-14)25(8-10-33-11-9-25)13-20(30)27-18-7-3-5-16-15-4-2-6-17(26)21(15)28-22(16)18/h2,4,6,12,18,28,31H,3,5,7-11,13H2,1H3,(H,27,30). The van der Waals surface area contributed by atoms with Crippen LogP contribution >= 0.6 is 23.4 Å². The Bertz CT molecular complexity index is 1280. The Hall–Kier alpha value is -2.38. The van der Waals surface area contributed by atoms with Crippen LogP contribution in [0.25, 0.3) is 10.9 Å². The lowest BCUT2D eigenvalue weighted by atomic mass is 9.75. The van der Waals surface area contributed by atoms with Crippen molar-refractivity contribution in [1.82, 2.24) is 10.3 Å². The molecule has 1 saturated heterocycles. The van der Waals surface area contributed by atoms with Gasteiger partial charge < -0.3 is 19.8 Å². The molecule has 1 aliphatic carbocycles. The number of H-pyrrole nitrogens is 1. The fourth-order valence-electron chi connectivity index (χ4n) is 5.36. The Kier molecular flexibility index (Phi) is 5.95. The number of aromatic hydroxyl groups is 1. The van der Waals surface area contributed by atoms with E-state index in [0.717, 1.165) is 47.4 Å². The van der Waals surface area contributed by atoms with Gasteiger partial charge in [-0.05, 0) is 62.2 Å². The van der Waals surface area contributed by atoms with Gasteiger partial charge in [-0.25, -0.2) is 0 Å². The van der Waals surface area contributed by atoms with Crippen molar-refractivity contribution < 1.29 is 14.3 Å². The fraction of sp³-hybridized carbons (Fsp3) is 0.440. The van der Waals surface area contributed by atoms with Crippen LogP contribution in [0.5, 0.6) is 5.75 Å². The molecule has 2 aliphatic rings. The summed E-state index contributed by atoms with van der Waals surface area (Å²) in [7, 11) is 0. The van der Waals surface area contributed by atoms with E-state index in [-0.39, 0.29) is 29.9 Å². The third-order valence-electron chi connectivity index (χ3n) is 7.00. The number of aryl methyl sites for hydroxylation is 2. The molecule has 8 heteroatoms. The highest BCUT2D eigenvalue weighted by Gasteiger charge is 2.42. The minimum absolute atomic E-state index is 0.104. The molecule has 3 heterocycles. The monoisotopic (exact) mass is 486 g/mol. The Labute approximate surface area is 201 Å². The van der Waals surface area contributed by atoms with Crippen LogP contribution in [0.1, 0.15) is 60.9 Å². The second kappa shape index (κ2) is 8.76. The lowest BCUT2D eigenvalue weighted by molar-refractivity contribution is -0.123. The largest absolute Gasteiger partial charge is 0.502 e. The van der Waals surface area contributed by atoms with Crippen LogP contribution < -0.4 is 10.7 Å². The number of amides is 1. The molecule has 0 saturated carbocycles. The zero-order valence-corrected chi connectivity index (χ0v) is 20.1. The zero-order chi connectivity index (χ0) is 23.2. The maximum Gasteiger partial charge on any atom is 0.227 e. The molecule has 1 amide bonds. The summed E-state index contributed by atoms with van der Waals surface area (Å²) < 4.78 is 5.87. The van der Waals surface area contributed by atoms with Crippen LogP contribution in [-0.2, 0) is 16.6 Å². The van der Waals surface area contributed by atoms with E-state index >= 15 is 0 Å².